The molecule has 2 heterocycles. The molecule has 1 aromatic carbocycles. The highest BCUT2D eigenvalue weighted by Crippen LogP contribution is 2.35. The average molecular weight is 254 g/mol. The van der Waals surface area contributed by atoms with Crippen LogP contribution in [0.2, 0.25) is 0 Å². The Bertz CT molecular complexity index is 419. The van der Waals surface area contributed by atoms with Gasteiger partial charge >= 0.3 is 0 Å². The predicted molar refractivity (Wildman–Crippen MR) is 72.0 cm³/mol. The summed E-state index contributed by atoms with van der Waals surface area (Å²) < 4.78 is 5.92. The molecule has 2 aliphatic rings. The van der Waals surface area contributed by atoms with Crippen LogP contribution < -0.4 is 5.32 Å². The Morgan fingerprint density at radius 1 is 1.35 bits per heavy atom. The highest BCUT2D eigenvalue weighted by atomic mass is 35.5. The molecular weight excluding hydrogens is 234 g/mol. The minimum absolute atomic E-state index is 0. The van der Waals surface area contributed by atoms with E-state index in [1.807, 2.05) is 0 Å². The van der Waals surface area contributed by atoms with Crippen molar-refractivity contribution in [2.45, 2.75) is 38.9 Å². The molecule has 1 saturated heterocycles. The molecule has 0 unspecified atom stereocenters. The van der Waals surface area contributed by atoms with Gasteiger partial charge in [-0.2, -0.15) is 0 Å². The smallest absolute Gasteiger partial charge is 0.0784 e. The van der Waals surface area contributed by atoms with Gasteiger partial charge in [0.1, 0.15) is 0 Å². The van der Waals surface area contributed by atoms with Gasteiger partial charge in [-0.25, -0.2) is 0 Å². The molecule has 2 aliphatic heterocycles. The molecular formula is C14H20ClNO. The van der Waals surface area contributed by atoms with Crippen LogP contribution in [0.4, 0.5) is 0 Å². The lowest BCUT2D eigenvalue weighted by molar-refractivity contribution is 0.0295. The number of rotatable bonds is 1. The van der Waals surface area contributed by atoms with E-state index in [1.165, 1.54) is 22.3 Å². The Balaban J connectivity index is 0.00000108. The second-order valence-electron chi connectivity index (χ2n) is 4.95. The van der Waals surface area contributed by atoms with E-state index >= 15 is 0 Å². The summed E-state index contributed by atoms with van der Waals surface area (Å²) >= 11 is 0. The lowest BCUT2D eigenvalue weighted by atomic mass is 9.85. The highest BCUT2D eigenvalue weighted by Gasteiger charge is 2.34. The topological polar surface area (TPSA) is 21.3 Å². The standard InChI is InChI=1S/C14H19NO.ClH/c1-3-10-4-9(2)13-8-16-14-7-15-6-12(14)11(13)5-10;/h4-5,12,14-15H,3,6-8H2,1-2H3;1H/t12-,14-;/m1./s1. The summed E-state index contributed by atoms with van der Waals surface area (Å²) in [6.45, 7) is 7.33. The van der Waals surface area contributed by atoms with Gasteiger partial charge in [0.2, 0.25) is 0 Å². The lowest BCUT2D eigenvalue weighted by Gasteiger charge is -2.29. The number of hydrogen-bond acceptors (Lipinski definition) is 2. The van der Waals surface area contributed by atoms with Gasteiger partial charge in [0, 0.05) is 19.0 Å². The van der Waals surface area contributed by atoms with Crippen molar-refractivity contribution in [1.82, 2.24) is 5.32 Å². The maximum atomic E-state index is 5.92. The first-order valence-electron chi connectivity index (χ1n) is 6.24. The molecule has 2 nitrogen and oxygen atoms in total. The molecule has 1 fully saturated rings. The zero-order valence-electron chi connectivity index (χ0n) is 10.5. The lowest BCUT2D eigenvalue weighted by Crippen LogP contribution is -2.27. The van der Waals surface area contributed by atoms with Crippen LogP contribution in [0.3, 0.4) is 0 Å². The maximum absolute atomic E-state index is 5.92. The fraction of sp³-hybridized carbons (Fsp3) is 0.571. The van der Waals surface area contributed by atoms with Gasteiger partial charge in [0.05, 0.1) is 12.7 Å². The van der Waals surface area contributed by atoms with Crippen molar-refractivity contribution >= 4 is 12.4 Å². The quantitative estimate of drug-likeness (QED) is 0.831. The normalized spacial score (nSPS) is 26.0. The zero-order valence-corrected chi connectivity index (χ0v) is 11.3. The van der Waals surface area contributed by atoms with E-state index in [0.29, 0.717) is 12.0 Å². The number of halogens is 1. The van der Waals surface area contributed by atoms with Crippen molar-refractivity contribution in [2.75, 3.05) is 13.1 Å². The molecule has 94 valence electrons. The summed E-state index contributed by atoms with van der Waals surface area (Å²) in [5.41, 5.74) is 5.84. The van der Waals surface area contributed by atoms with Crippen molar-refractivity contribution in [1.29, 1.82) is 0 Å². The molecule has 17 heavy (non-hydrogen) atoms. The molecule has 3 heteroatoms. The van der Waals surface area contributed by atoms with E-state index in [9.17, 15) is 0 Å². The maximum Gasteiger partial charge on any atom is 0.0784 e. The fourth-order valence-electron chi connectivity index (χ4n) is 2.98. The third-order valence-corrected chi connectivity index (χ3v) is 3.98. The molecule has 0 radical (unpaired) electrons. The molecule has 2 atom stereocenters. The van der Waals surface area contributed by atoms with Crippen molar-refractivity contribution in [2.24, 2.45) is 0 Å². The molecule has 3 rings (SSSR count). The van der Waals surface area contributed by atoms with Crippen molar-refractivity contribution in [3.05, 3.63) is 34.4 Å². The summed E-state index contributed by atoms with van der Waals surface area (Å²) in [5, 5.41) is 3.44. The fourth-order valence-corrected chi connectivity index (χ4v) is 2.98. The number of hydrogen-bond donors (Lipinski definition) is 1. The first-order valence-corrected chi connectivity index (χ1v) is 6.24. The molecule has 0 aromatic heterocycles. The SMILES string of the molecule is CCc1cc(C)c2c(c1)[C@H]1CNC[C@H]1OC2.Cl. The molecule has 0 aliphatic carbocycles. The van der Waals surface area contributed by atoms with E-state index in [4.69, 9.17) is 4.74 Å². The van der Waals surface area contributed by atoms with Crippen molar-refractivity contribution in [3.8, 4) is 0 Å². The number of nitrogens with one attached hydrogen (secondary N) is 1. The third-order valence-electron chi connectivity index (χ3n) is 3.98. The Morgan fingerprint density at radius 2 is 2.18 bits per heavy atom. The van der Waals surface area contributed by atoms with Crippen molar-refractivity contribution < 1.29 is 4.74 Å². The molecule has 0 saturated carbocycles. The van der Waals surface area contributed by atoms with Crippen LogP contribution in [0, 0.1) is 6.92 Å². The zero-order chi connectivity index (χ0) is 11.1. The van der Waals surface area contributed by atoms with Gasteiger partial charge in [-0.05, 0) is 35.6 Å². The van der Waals surface area contributed by atoms with E-state index in [0.717, 1.165) is 26.1 Å². The number of aryl methyl sites for hydroxylation is 2. The second kappa shape index (κ2) is 4.97. The number of ether oxygens (including phenoxy) is 1. The molecule has 1 N–H and O–H groups in total. The van der Waals surface area contributed by atoms with Gasteiger partial charge in [-0.3, -0.25) is 0 Å². The minimum Gasteiger partial charge on any atom is -0.372 e. The number of benzene rings is 1. The summed E-state index contributed by atoms with van der Waals surface area (Å²) in [5.74, 6) is 0.578. The Morgan fingerprint density at radius 3 is 2.94 bits per heavy atom. The summed E-state index contributed by atoms with van der Waals surface area (Å²) in [4.78, 5) is 0. The second-order valence-corrected chi connectivity index (χ2v) is 4.95. The highest BCUT2D eigenvalue weighted by molar-refractivity contribution is 5.85. The predicted octanol–water partition coefficient (Wildman–Crippen LogP) is 2.56. The van der Waals surface area contributed by atoms with Gasteiger partial charge < -0.3 is 10.1 Å². The van der Waals surface area contributed by atoms with E-state index in [2.05, 4.69) is 31.3 Å². The van der Waals surface area contributed by atoms with E-state index in [-0.39, 0.29) is 12.4 Å². The van der Waals surface area contributed by atoms with Gasteiger partial charge in [-0.15, -0.1) is 12.4 Å². The first-order chi connectivity index (χ1) is 7.79. The van der Waals surface area contributed by atoms with Crippen LogP contribution in [0.5, 0.6) is 0 Å². The van der Waals surface area contributed by atoms with E-state index in [1.54, 1.807) is 0 Å². The van der Waals surface area contributed by atoms with Crippen LogP contribution in [-0.2, 0) is 17.8 Å². The van der Waals surface area contributed by atoms with Crippen LogP contribution in [0.25, 0.3) is 0 Å². The Labute approximate surface area is 109 Å². The van der Waals surface area contributed by atoms with Gasteiger partial charge in [0.15, 0.2) is 0 Å². The van der Waals surface area contributed by atoms with Crippen LogP contribution in [0.15, 0.2) is 12.1 Å². The Hall–Kier alpha value is -0.570. The molecule has 0 spiro atoms. The van der Waals surface area contributed by atoms with Crippen LogP contribution in [-0.4, -0.2) is 19.2 Å². The first kappa shape index (κ1) is 12.9. The molecule has 0 bridgehead atoms. The number of fused-ring (bicyclic) bond motifs is 3. The summed E-state index contributed by atoms with van der Waals surface area (Å²) in [7, 11) is 0. The molecule has 0 amide bonds. The third kappa shape index (κ3) is 2.10. The Kier molecular flexibility index (Phi) is 3.76. The van der Waals surface area contributed by atoms with Crippen LogP contribution >= 0.6 is 12.4 Å². The monoisotopic (exact) mass is 253 g/mol. The summed E-state index contributed by atoms with van der Waals surface area (Å²) in [6.07, 6.45) is 1.53. The largest absolute Gasteiger partial charge is 0.372 e. The summed E-state index contributed by atoms with van der Waals surface area (Å²) in [6, 6.07) is 4.71. The van der Waals surface area contributed by atoms with Gasteiger partial charge in [0.25, 0.3) is 0 Å². The van der Waals surface area contributed by atoms with Crippen LogP contribution in [0.1, 0.15) is 35.1 Å². The van der Waals surface area contributed by atoms with Crippen molar-refractivity contribution in [3.63, 3.8) is 0 Å². The van der Waals surface area contributed by atoms with Gasteiger partial charge in [-0.1, -0.05) is 19.1 Å². The molecule has 1 aromatic rings. The average Bonchev–Trinajstić information content (AvgIpc) is 2.77. The van der Waals surface area contributed by atoms with E-state index < -0.39 is 0 Å². The minimum atomic E-state index is 0.